The van der Waals surface area contributed by atoms with Gasteiger partial charge in [-0.2, -0.15) is 0 Å². The molecule has 4 rings (SSSR count). The number of hydrogen-bond acceptors (Lipinski definition) is 3. The Kier molecular flexibility index (Phi) is 7.58. The van der Waals surface area contributed by atoms with Crippen LogP contribution in [0.15, 0.2) is 72.8 Å². The molecule has 0 amide bonds. The van der Waals surface area contributed by atoms with Crippen LogP contribution in [-0.4, -0.2) is 31.6 Å². The molecule has 4 nitrogen and oxygen atoms in total. The van der Waals surface area contributed by atoms with Gasteiger partial charge < -0.3 is 14.6 Å². The maximum atomic E-state index is 11.3. The summed E-state index contributed by atoms with van der Waals surface area (Å²) in [6.45, 7) is 6.69. The Labute approximate surface area is 213 Å². The number of carboxylic acid groups (broad SMARTS) is 1. The summed E-state index contributed by atoms with van der Waals surface area (Å²) in [5, 5.41) is 9.30. The summed E-state index contributed by atoms with van der Waals surface area (Å²) in [6, 6.07) is 22.3. The van der Waals surface area contributed by atoms with Gasteiger partial charge in [-0.15, -0.1) is 0 Å². The standard InChI is InChI=1S/C32H34O4/c1-21-6-9-24(10-7-21)27-16-17-32(2,3)29-15-8-22(19-28(27)29)18-26(20-30(35-4)36-5)23-11-13-25(14-12-23)31(33)34/h6-16,18-19,30H,17,20H2,1-5H3,(H,33,34). The molecule has 0 radical (unpaired) electrons. The van der Waals surface area contributed by atoms with Gasteiger partial charge in [-0.1, -0.05) is 80.1 Å². The monoisotopic (exact) mass is 482 g/mol. The number of fused-ring (bicyclic) bond motifs is 1. The third kappa shape index (κ3) is 5.51. The minimum Gasteiger partial charge on any atom is -0.478 e. The number of rotatable bonds is 8. The van der Waals surface area contributed by atoms with Crippen LogP contribution in [-0.2, 0) is 14.9 Å². The average Bonchev–Trinajstić information content (AvgIpc) is 2.87. The second-order valence-electron chi connectivity index (χ2n) is 10.0. The first-order valence-electron chi connectivity index (χ1n) is 12.2. The van der Waals surface area contributed by atoms with E-state index in [0.717, 1.165) is 23.1 Å². The van der Waals surface area contributed by atoms with E-state index in [0.29, 0.717) is 6.42 Å². The zero-order valence-corrected chi connectivity index (χ0v) is 21.7. The molecule has 186 valence electrons. The molecule has 36 heavy (non-hydrogen) atoms. The highest BCUT2D eigenvalue weighted by Gasteiger charge is 2.28. The SMILES string of the molecule is COC(CC(=Cc1ccc2c(c1)C(c1ccc(C)cc1)=CCC2(C)C)c1ccc(C(=O)O)cc1)OC. The van der Waals surface area contributed by atoms with Crippen molar-refractivity contribution in [2.45, 2.75) is 45.3 Å². The number of ether oxygens (including phenoxy) is 2. The minimum absolute atomic E-state index is 0.0540. The van der Waals surface area contributed by atoms with Crippen LogP contribution < -0.4 is 0 Å². The van der Waals surface area contributed by atoms with Gasteiger partial charge in [0.15, 0.2) is 6.29 Å². The van der Waals surface area contributed by atoms with Crippen LogP contribution in [0.25, 0.3) is 17.2 Å². The molecular formula is C32H34O4. The van der Waals surface area contributed by atoms with Crippen molar-refractivity contribution in [2.24, 2.45) is 0 Å². The Morgan fingerprint density at radius 1 is 0.972 bits per heavy atom. The van der Waals surface area contributed by atoms with Crippen LogP contribution in [0.2, 0.25) is 0 Å². The zero-order valence-electron chi connectivity index (χ0n) is 21.7. The smallest absolute Gasteiger partial charge is 0.335 e. The van der Waals surface area contributed by atoms with E-state index in [9.17, 15) is 9.90 Å². The molecule has 0 bridgehead atoms. The van der Waals surface area contributed by atoms with Gasteiger partial charge in [-0.25, -0.2) is 4.79 Å². The molecule has 0 saturated carbocycles. The van der Waals surface area contributed by atoms with Crippen molar-refractivity contribution in [3.63, 3.8) is 0 Å². The summed E-state index contributed by atoms with van der Waals surface area (Å²) in [4.78, 5) is 11.3. The summed E-state index contributed by atoms with van der Waals surface area (Å²) in [7, 11) is 3.25. The molecule has 3 aromatic rings. The Morgan fingerprint density at radius 2 is 1.61 bits per heavy atom. The van der Waals surface area contributed by atoms with Crippen molar-refractivity contribution in [2.75, 3.05) is 14.2 Å². The average molecular weight is 483 g/mol. The van der Waals surface area contributed by atoms with Gasteiger partial charge in [0, 0.05) is 20.6 Å². The highest BCUT2D eigenvalue weighted by molar-refractivity contribution is 5.90. The van der Waals surface area contributed by atoms with E-state index < -0.39 is 12.3 Å². The van der Waals surface area contributed by atoms with Gasteiger partial charge in [0.2, 0.25) is 0 Å². The number of benzene rings is 3. The number of aryl methyl sites for hydroxylation is 1. The minimum atomic E-state index is -0.938. The van der Waals surface area contributed by atoms with E-state index in [1.807, 2.05) is 12.1 Å². The van der Waals surface area contributed by atoms with Crippen LogP contribution in [0.3, 0.4) is 0 Å². The van der Waals surface area contributed by atoms with Gasteiger partial charge in [0.1, 0.15) is 0 Å². The number of carboxylic acids is 1. The van der Waals surface area contributed by atoms with Crippen molar-refractivity contribution in [3.05, 3.63) is 112 Å². The van der Waals surface area contributed by atoms with Crippen LogP contribution in [0, 0.1) is 6.92 Å². The molecule has 1 N–H and O–H groups in total. The molecule has 0 spiro atoms. The summed E-state index contributed by atoms with van der Waals surface area (Å²) in [5.74, 6) is -0.938. The summed E-state index contributed by atoms with van der Waals surface area (Å²) >= 11 is 0. The first-order chi connectivity index (χ1) is 17.2. The first-order valence-corrected chi connectivity index (χ1v) is 12.2. The third-order valence-electron chi connectivity index (χ3n) is 7.00. The Balaban J connectivity index is 1.80. The van der Waals surface area contributed by atoms with E-state index in [1.165, 1.54) is 27.8 Å². The van der Waals surface area contributed by atoms with Crippen LogP contribution in [0.5, 0.6) is 0 Å². The number of methoxy groups -OCH3 is 2. The summed E-state index contributed by atoms with van der Waals surface area (Å²) in [6.07, 6.45) is 5.62. The van der Waals surface area contributed by atoms with Crippen molar-refractivity contribution >= 4 is 23.2 Å². The number of aromatic carboxylic acids is 1. The van der Waals surface area contributed by atoms with Crippen LogP contribution >= 0.6 is 0 Å². The lowest BCUT2D eigenvalue weighted by molar-refractivity contribution is -0.0970. The van der Waals surface area contributed by atoms with E-state index in [1.54, 1.807) is 26.4 Å². The normalized spacial score (nSPS) is 14.9. The fraction of sp³-hybridized carbons (Fsp3) is 0.281. The molecule has 0 heterocycles. The Bertz CT molecular complexity index is 1290. The molecular weight excluding hydrogens is 448 g/mol. The Morgan fingerprint density at radius 3 is 2.22 bits per heavy atom. The highest BCUT2D eigenvalue weighted by atomic mass is 16.7. The van der Waals surface area contributed by atoms with Gasteiger partial charge in [0.05, 0.1) is 5.56 Å². The number of carbonyl (C=O) groups is 1. The fourth-order valence-corrected chi connectivity index (χ4v) is 4.78. The molecule has 1 aliphatic carbocycles. The van der Waals surface area contributed by atoms with Gasteiger partial charge in [-0.05, 0) is 75.9 Å². The maximum Gasteiger partial charge on any atom is 0.335 e. The zero-order chi connectivity index (χ0) is 25.9. The lowest BCUT2D eigenvalue weighted by atomic mass is 9.72. The Hall–Kier alpha value is -3.47. The predicted molar refractivity (Wildman–Crippen MR) is 146 cm³/mol. The highest BCUT2D eigenvalue weighted by Crippen LogP contribution is 2.42. The lowest BCUT2D eigenvalue weighted by Crippen LogP contribution is -2.22. The molecule has 1 aliphatic rings. The molecule has 0 fully saturated rings. The van der Waals surface area contributed by atoms with E-state index in [4.69, 9.17) is 9.47 Å². The van der Waals surface area contributed by atoms with Crippen molar-refractivity contribution in [1.82, 2.24) is 0 Å². The van der Waals surface area contributed by atoms with Crippen LogP contribution in [0.1, 0.15) is 70.4 Å². The van der Waals surface area contributed by atoms with E-state index in [-0.39, 0.29) is 11.0 Å². The molecule has 0 unspecified atom stereocenters. The van der Waals surface area contributed by atoms with Crippen molar-refractivity contribution in [3.8, 4) is 0 Å². The molecule has 0 aliphatic heterocycles. The largest absolute Gasteiger partial charge is 0.478 e. The molecule has 3 aromatic carbocycles. The molecule has 4 heteroatoms. The predicted octanol–water partition coefficient (Wildman–Crippen LogP) is 7.36. The topological polar surface area (TPSA) is 55.8 Å². The van der Waals surface area contributed by atoms with E-state index >= 15 is 0 Å². The molecule has 0 atom stereocenters. The van der Waals surface area contributed by atoms with Crippen molar-refractivity contribution < 1.29 is 19.4 Å². The third-order valence-corrected chi connectivity index (χ3v) is 7.00. The molecule has 0 saturated heterocycles. The quantitative estimate of drug-likeness (QED) is 0.269. The summed E-state index contributed by atoms with van der Waals surface area (Å²) < 4.78 is 11.0. The number of allylic oxidation sites excluding steroid dienone is 1. The van der Waals surface area contributed by atoms with E-state index in [2.05, 4.69) is 75.4 Å². The second kappa shape index (κ2) is 10.7. The van der Waals surface area contributed by atoms with Gasteiger partial charge in [0.25, 0.3) is 0 Å². The maximum absolute atomic E-state index is 11.3. The van der Waals surface area contributed by atoms with Gasteiger partial charge in [-0.3, -0.25) is 0 Å². The fourth-order valence-electron chi connectivity index (χ4n) is 4.78. The van der Waals surface area contributed by atoms with Crippen LogP contribution in [0.4, 0.5) is 0 Å². The first kappa shape index (κ1) is 25.6. The van der Waals surface area contributed by atoms with Gasteiger partial charge >= 0.3 is 5.97 Å². The second-order valence-corrected chi connectivity index (χ2v) is 10.0. The van der Waals surface area contributed by atoms with Crippen molar-refractivity contribution in [1.29, 1.82) is 0 Å². The lowest BCUT2D eigenvalue weighted by Gasteiger charge is -2.32. The number of hydrogen-bond donors (Lipinski definition) is 1. The molecule has 0 aromatic heterocycles. The summed E-state index contributed by atoms with van der Waals surface area (Å²) in [5.41, 5.74) is 9.67.